The molecule has 0 atom stereocenters. The first kappa shape index (κ1) is 22.2. The molecule has 1 amide bonds. The van der Waals surface area contributed by atoms with Crippen LogP contribution in [0.1, 0.15) is 36.3 Å². The van der Waals surface area contributed by atoms with Crippen LogP contribution in [0.4, 0.5) is 20.3 Å². The van der Waals surface area contributed by atoms with Gasteiger partial charge in [0.25, 0.3) is 12.3 Å². The molecule has 0 aliphatic rings. The number of aliphatic hydroxyl groups is 1. The number of rotatable bonds is 7. The average molecular weight is 453 g/mol. The molecule has 170 valence electrons. The maximum absolute atomic E-state index is 13.1. The van der Waals surface area contributed by atoms with Gasteiger partial charge in [-0.1, -0.05) is 6.07 Å². The van der Waals surface area contributed by atoms with Crippen LogP contribution in [0.25, 0.3) is 17.0 Å². The van der Waals surface area contributed by atoms with Crippen molar-refractivity contribution in [2.24, 2.45) is 0 Å². The molecule has 33 heavy (non-hydrogen) atoms. The Labute approximate surface area is 187 Å². The number of pyridine rings is 2. The van der Waals surface area contributed by atoms with Gasteiger partial charge in [0.1, 0.15) is 16.9 Å². The second kappa shape index (κ2) is 8.87. The van der Waals surface area contributed by atoms with Crippen LogP contribution in [0.15, 0.2) is 55.0 Å². The van der Waals surface area contributed by atoms with Gasteiger partial charge in [-0.2, -0.15) is 0 Å². The second-order valence-electron chi connectivity index (χ2n) is 7.91. The van der Waals surface area contributed by atoms with Gasteiger partial charge in [0.15, 0.2) is 5.82 Å². The predicted molar refractivity (Wildman–Crippen MR) is 117 cm³/mol. The summed E-state index contributed by atoms with van der Waals surface area (Å²) < 4.78 is 27.8. The zero-order valence-corrected chi connectivity index (χ0v) is 17.8. The van der Waals surface area contributed by atoms with E-state index in [0.717, 1.165) is 0 Å². The summed E-state index contributed by atoms with van der Waals surface area (Å²) in [6.07, 6.45) is 1.87. The zero-order valence-electron chi connectivity index (χ0n) is 17.8. The van der Waals surface area contributed by atoms with Crippen molar-refractivity contribution in [3.63, 3.8) is 0 Å². The molecule has 0 saturated carbocycles. The maximum atomic E-state index is 13.1. The highest BCUT2D eigenvalue weighted by molar-refractivity contribution is 6.00. The molecule has 3 N–H and O–H groups in total. The number of aromatic nitrogens is 5. The van der Waals surface area contributed by atoms with E-state index in [1.54, 1.807) is 44.3 Å². The highest BCUT2D eigenvalue weighted by Crippen LogP contribution is 2.26. The average Bonchev–Trinajstić information content (AvgIpc) is 3.26. The molecule has 0 aromatic carbocycles. The molecule has 0 unspecified atom stereocenters. The van der Waals surface area contributed by atoms with Crippen molar-refractivity contribution in [1.82, 2.24) is 29.9 Å². The Kier molecular flexibility index (Phi) is 5.97. The number of alkyl halides is 2. The normalized spacial score (nSPS) is 11.7. The van der Waals surface area contributed by atoms with Crippen molar-refractivity contribution >= 4 is 22.9 Å². The largest absolute Gasteiger partial charge is 0.389 e. The minimum Gasteiger partial charge on any atom is -0.389 e. The number of halogens is 2. The molecule has 0 aliphatic carbocycles. The fraction of sp³-hybridized carbons (Fsp3) is 0.227. The molecular formula is C22H21F2N7O2. The maximum Gasteiger partial charge on any atom is 0.280 e. The highest BCUT2D eigenvalue weighted by atomic mass is 19.3. The topological polar surface area (TPSA) is 117 Å². The first-order valence-corrected chi connectivity index (χ1v) is 10.0. The monoisotopic (exact) mass is 453 g/mol. The number of hydrogen-bond donors (Lipinski definition) is 3. The smallest absolute Gasteiger partial charge is 0.280 e. The van der Waals surface area contributed by atoms with Crippen LogP contribution in [-0.4, -0.2) is 47.7 Å². The summed E-state index contributed by atoms with van der Waals surface area (Å²) in [5.74, 6) is 0.0440. The fourth-order valence-corrected chi connectivity index (χ4v) is 3.04. The predicted octanol–water partition coefficient (Wildman–Crippen LogP) is 3.37. The van der Waals surface area contributed by atoms with E-state index in [0.29, 0.717) is 17.0 Å². The Bertz CT molecular complexity index is 1300. The first-order chi connectivity index (χ1) is 15.7. The number of nitrogens with zero attached hydrogens (tertiary/aromatic N) is 5. The van der Waals surface area contributed by atoms with E-state index >= 15 is 0 Å². The van der Waals surface area contributed by atoms with Gasteiger partial charge in [0, 0.05) is 25.1 Å². The van der Waals surface area contributed by atoms with Gasteiger partial charge in [-0.3, -0.25) is 9.78 Å². The van der Waals surface area contributed by atoms with Crippen molar-refractivity contribution in [3.8, 4) is 11.5 Å². The van der Waals surface area contributed by atoms with E-state index in [2.05, 4.69) is 30.7 Å². The lowest BCUT2D eigenvalue weighted by atomic mass is 10.1. The number of anilines is 2. The molecule has 0 radical (unpaired) electrons. The number of carbonyl (C=O) groups is 1. The molecule has 11 heteroatoms. The van der Waals surface area contributed by atoms with Crippen LogP contribution in [0, 0.1) is 0 Å². The van der Waals surface area contributed by atoms with Crippen LogP contribution in [-0.2, 0) is 0 Å². The summed E-state index contributed by atoms with van der Waals surface area (Å²) in [5.41, 5.74) is -0.0131. The molecule has 0 aliphatic heterocycles. The van der Waals surface area contributed by atoms with Crippen LogP contribution < -0.4 is 10.6 Å². The molecule has 0 bridgehead atoms. The molecular weight excluding hydrogens is 432 g/mol. The van der Waals surface area contributed by atoms with Crippen molar-refractivity contribution in [1.29, 1.82) is 0 Å². The van der Waals surface area contributed by atoms with Crippen molar-refractivity contribution in [2.45, 2.75) is 25.9 Å². The van der Waals surface area contributed by atoms with E-state index < -0.39 is 17.9 Å². The van der Waals surface area contributed by atoms with Gasteiger partial charge in [-0.05, 0) is 44.2 Å². The Morgan fingerprint density at radius 3 is 2.76 bits per heavy atom. The van der Waals surface area contributed by atoms with Gasteiger partial charge in [0.2, 0.25) is 5.82 Å². The third-order valence-electron chi connectivity index (χ3n) is 4.61. The number of amides is 1. The quantitative estimate of drug-likeness (QED) is 0.393. The molecule has 9 nitrogen and oxygen atoms in total. The van der Waals surface area contributed by atoms with Crippen molar-refractivity contribution < 1.29 is 18.7 Å². The number of carbonyl (C=O) groups excluding carboxylic acids is 1. The lowest BCUT2D eigenvalue weighted by Gasteiger charge is -2.18. The molecule has 0 spiro atoms. The van der Waals surface area contributed by atoms with Crippen LogP contribution in [0.5, 0.6) is 0 Å². The van der Waals surface area contributed by atoms with Gasteiger partial charge in [-0.15, -0.1) is 5.10 Å². The Hall–Kier alpha value is -3.99. The lowest BCUT2D eigenvalue weighted by molar-refractivity contribution is 0.0694. The van der Waals surface area contributed by atoms with Gasteiger partial charge in [0.05, 0.1) is 16.9 Å². The number of nitrogens with one attached hydrogen (secondary N) is 2. The minimum absolute atomic E-state index is 0.0485. The molecule has 4 rings (SSSR count). The van der Waals surface area contributed by atoms with Gasteiger partial charge >= 0.3 is 0 Å². The van der Waals surface area contributed by atoms with Crippen molar-refractivity contribution in [3.05, 3.63) is 66.2 Å². The Balaban J connectivity index is 1.71. The van der Waals surface area contributed by atoms with E-state index in [1.807, 2.05) is 0 Å². The zero-order chi connectivity index (χ0) is 23.6. The number of hydrogen-bond acceptors (Lipinski definition) is 7. The highest BCUT2D eigenvalue weighted by Gasteiger charge is 2.19. The number of fused-ring (bicyclic) bond motifs is 1. The van der Waals surface area contributed by atoms with E-state index in [-0.39, 0.29) is 29.3 Å². The van der Waals surface area contributed by atoms with Gasteiger partial charge in [-0.25, -0.2) is 23.3 Å². The Morgan fingerprint density at radius 2 is 2.00 bits per heavy atom. The Morgan fingerprint density at radius 1 is 1.18 bits per heavy atom. The third kappa shape index (κ3) is 5.09. The van der Waals surface area contributed by atoms with Crippen molar-refractivity contribution in [2.75, 3.05) is 11.9 Å². The second-order valence-corrected chi connectivity index (χ2v) is 7.91. The summed E-state index contributed by atoms with van der Waals surface area (Å²) in [4.78, 5) is 25.1. The molecule has 0 saturated heterocycles. The van der Waals surface area contributed by atoms with Gasteiger partial charge < -0.3 is 15.7 Å². The van der Waals surface area contributed by atoms with Crippen LogP contribution in [0.3, 0.4) is 0 Å². The SMILES string of the molecule is CC(C)(O)CNC(=O)c1cnccc1Nc1nc(-c2cccc(C(F)F)n2)nn2cccc12. The summed E-state index contributed by atoms with van der Waals surface area (Å²) in [6, 6.07) is 9.37. The van der Waals surface area contributed by atoms with Crippen LogP contribution >= 0.6 is 0 Å². The summed E-state index contributed by atoms with van der Waals surface area (Å²) in [7, 11) is 0. The summed E-state index contributed by atoms with van der Waals surface area (Å²) >= 11 is 0. The van der Waals surface area contributed by atoms with E-state index in [9.17, 15) is 18.7 Å². The molecule has 4 aromatic heterocycles. The molecule has 4 aromatic rings. The summed E-state index contributed by atoms with van der Waals surface area (Å²) in [6.45, 7) is 3.21. The molecule has 4 heterocycles. The van der Waals surface area contributed by atoms with E-state index in [4.69, 9.17) is 0 Å². The lowest BCUT2D eigenvalue weighted by Crippen LogP contribution is -2.38. The molecule has 0 fully saturated rings. The summed E-state index contributed by atoms with van der Waals surface area (Å²) in [5, 5.41) is 20.0. The minimum atomic E-state index is -2.72. The first-order valence-electron chi connectivity index (χ1n) is 10.0. The third-order valence-corrected chi connectivity index (χ3v) is 4.61. The van der Waals surface area contributed by atoms with E-state index in [1.165, 1.54) is 29.0 Å². The van der Waals surface area contributed by atoms with Crippen LogP contribution in [0.2, 0.25) is 0 Å². The fourth-order valence-electron chi connectivity index (χ4n) is 3.04. The standard InChI is InChI=1S/C22H21F2N7O2/c1-22(2,33)12-26-21(32)13-11-25-9-8-14(13)28-20-17-7-4-10-31(17)30-19(29-20)16-6-3-5-15(27-16)18(23)24/h3-11,18,33H,12H2,1-2H3,(H,26,32)(H,25,28,29,30).